The lowest BCUT2D eigenvalue weighted by atomic mass is 9.89. The van der Waals surface area contributed by atoms with Crippen LogP contribution in [-0.4, -0.2) is 70.8 Å². The second kappa shape index (κ2) is 8.53. The van der Waals surface area contributed by atoms with Gasteiger partial charge in [-0.2, -0.15) is 0 Å². The maximum atomic E-state index is 13.7. The number of rotatable bonds is 3. The standard InChI is InChI=1S/C27H29N5O3/c33-24(32-23-10-4-3-9-21(23)29-26(35)27(32)11-5-6-12-27)18-30-13-15-31(16-14-30)25(34)22-17-19-7-1-2-8-20(19)28-22/h1-4,7-10,17,28H,5-6,11-16,18H2,(H,29,35). The number of nitrogens with zero attached hydrogens (tertiary/aromatic N) is 3. The molecule has 0 radical (unpaired) electrons. The molecule has 6 rings (SSSR count). The van der Waals surface area contributed by atoms with Crippen LogP contribution >= 0.6 is 0 Å². The highest BCUT2D eigenvalue weighted by Crippen LogP contribution is 2.45. The smallest absolute Gasteiger partial charge is 0.270 e. The van der Waals surface area contributed by atoms with Crippen LogP contribution in [0.25, 0.3) is 10.9 Å². The highest BCUT2D eigenvalue weighted by molar-refractivity contribution is 6.15. The Balaban J connectivity index is 1.15. The third kappa shape index (κ3) is 3.69. The number of amides is 3. The van der Waals surface area contributed by atoms with Crippen molar-refractivity contribution in [3.05, 3.63) is 60.3 Å². The van der Waals surface area contributed by atoms with E-state index < -0.39 is 5.54 Å². The van der Waals surface area contributed by atoms with Gasteiger partial charge in [-0.1, -0.05) is 43.2 Å². The first-order chi connectivity index (χ1) is 17.0. The third-order valence-electron chi connectivity index (χ3n) is 7.70. The van der Waals surface area contributed by atoms with Crippen molar-refractivity contribution in [1.82, 2.24) is 14.8 Å². The number of carbonyl (C=O) groups excluding carboxylic acids is 3. The molecular formula is C27H29N5O3. The number of nitrogens with one attached hydrogen (secondary N) is 2. The normalized spacial score (nSPS) is 19.7. The molecule has 180 valence electrons. The summed E-state index contributed by atoms with van der Waals surface area (Å²) in [4.78, 5) is 48.8. The minimum absolute atomic E-state index is 0.0151. The van der Waals surface area contributed by atoms with E-state index in [0.717, 1.165) is 29.4 Å². The van der Waals surface area contributed by atoms with Gasteiger partial charge >= 0.3 is 0 Å². The number of anilines is 2. The largest absolute Gasteiger partial charge is 0.351 e. The molecule has 2 aromatic carbocycles. The van der Waals surface area contributed by atoms with Gasteiger partial charge in [0.15, 0.2) is 0 Å². The van der Waals surface area contributed by atoms with Crippen molar-refractivity contribution in [3.63, 3.8) is 0 Å². The predicted molar refractivity (Wildman–Crippen MR) is 134 cm³/mol. The number of aromatic amines is 1. The van der Waals surface area contributed by atoms with Gasteiger partial charge in [0.1, 0.15) is 11.2 Å². The lowest BCUT2D eigenvalue weighted by Crippen LogP contribution is -2.62. The average molecular weight is 472 g/mol. The Morgan fingerprint density at radius 2 is 1.63 bits per heavy atom. The first-order valence-corrected chi connectivity index (χ1v) is 12.4. The van der Waals surface area contributed by atoms with Crippen molar-refractivity contribution in [1.29, 1.82) is 0 Å². The molecule has 2 N–H and O–H groups in total. The second-order valence-electron chi connectivity index (χ2n) is 9.78. The SMILES string of the molecule is O=C(c1cc2ccccc2[nH]1)N1CCN(CC(=O)N2c3ccccc3NC(=O)C23CCCC3)CC1. The van der Waals surface area contributed by atoms with Crippen LogP contribution in [0.15, 0.2) is 54.6 Å². The molecule has 0 bridgehead atoms. The zero-order chi connectivity index (χ0) is 24.0. The van der Waals surface area contributed by atoms with Gasteiger partial charge < -0.3 is 15.2 Å². The molecule has 3 aromatic rings. The van der Waals surface area contributed by atoms with Crippen LogP contribution in [0.4, 0.5) is 11.4 Å². The molecule has 35 heavy (non-hydrogen) atoms. The van der Waals surface area contributed by atoms with Gasteiger partial charge in [-0.05, 0) is 37.1 Å². The highest BCUT2D eigenvalue weighted by Gasteiger charge is 2.52. The van der Waals surface area contributed by atoms with Crippen molar-refractivity contribution in [3.8, 4) is 0 Å². The molecule has 1 saturated carbocycles. The predicted octanol–water partition coefficient (Wildman–Crippen LogP) is 3.22. The Morgan fingerprint density at radius 1 is 0.914 bits per heavy atom. The van der Waals surface area contributed by atoms with E-state index in [1.165, 1.54) is 0 Å². The van der Waals surface area contributed by atoms with Gasteiger partial charge in [-0.15, -0.1) is 0 Å². The molecule has 8 nitrogen and oxygen atoms in total. The minimum atomic E-state index is -0.793. The quantitative estimate of drug-likeness (QED) is 0.614. The van der Waals surface area contributed by atoms with Gasteiger partial charge in [0.2, 0.25) is 5.91 Å². The number of aromatic nitrogens is 1. The molecule has 1 aromatic heterocycles. The maximum Gasteiger partial charge on any atom is 0.270 e. The van der Waals surface area contributed by atoms with Crippen molar-refractivity contribution >= 4 is 40.0 Å². The Kier molecular flexibility index (Phi) is 5.33. The van der Waals surface area contributed by atoms with Crippen molar-refractivity contribution in [2.24, 2.45) is 0 Å². The summed E-state index contributed by atoms with van der Waals surface area (Å²) in [6.07, 6.45) is 3.25. The molecule has 0 atom stereocenters. The number of carbonyl (C=O) groups is 3. The summed E-state index contributed by atoms with van der Waals surface area (Å²) in [6, 6.07) is 17.3. The molecule has 1 aliphatic carbocycles. The van der Waals surface area contributed by atoms with Crippen molar-refractivity contribution in [2.45, 2.75) is 31.2 Å². The number of hydrogen-bond donors (Lipinski definition) is 2. The van der Waals surface area contributed by atoms with Crippen molar-refractivity contribution < 1.29 is 14.4 Å². The number of fused-ring (bicyclic) bond motifs is 2. The van der Waals surface area contributed by atoms with E-state index in [1.54, 1.807) is 4.90 Å². The average Bonchev–Trinajstić information content (AvgIpc) is 3.53. The zero-order valence-electron chi connectivity index (χ0n) is 19.6. The zero-order valence-corrected chi connectivity index (χ0v) is 19.6. The van der Waals surface area contributed by atoms with E-state index in [4.69, 9.17) is 0 Å². The number of benzene rings is 2. The Bertz CT molecular complexity index is 1270. The van der Waals surface area contributed by atoms with Crippen LogP contribution in [0.5, 0.6) is 0 Å². The lowest BCUT2D eigenvalue weighted by molar-refractivity contribution is -0.128. The summed E-state index contributed by atoms with van der Waals surface area (Å²) < 4.78 is 0. The van der Waals surface area contributed by atoms with Gasteiger partial charge in [0.25, 0.3) is 11.8 Å². The van der Waals surface area contributed by atoms with Crippen molar-refractivity contribution in [2.75, 3.05) is 42.9 Å². The number of H-pyrrole nitrogens is 1. The van der Waals surface area contributed by atoms with Crippen LogP contribution in [0.3, 0.4) is 0 Å². The fourth-order valence-corrected chi connectivity index (χ4v) is 5.86. The van der Waals surface area contributed by atoms with Crippen LogP contribution in [-0.2, 0) is 9.59 Å². The summed E-state index contributed by atoms with van der Waals surface area (Å²) in [5.74, 6) is -0.140. The van der Waals surface area contributed by atoms with E-state index in [0.29, 0.717) is 50.4 Å². The van der Waals surface area contributed by atoms with Gasteiger partial charge in [0.05, 0.1) is 17.9 Å². The number of para-hydroxylation sites is 3. The summed E-state index contributed by atoms with van der Waals surface area (Å²) in [7, 11) is 0. The maximum absolute atomic E-state index is 13.7. The number of piperazine rings is 1. The molecule has 3 heterocycles. The molecule has 3 amide bonds. The molecular weight excluding hydrogens is 442 g/mol. The van der Waals surface area contributed by atoms with E-state index >= 15 is 0 Å². The molecule has 2 aliphatic heterocycles. The monoisotopic (exact) mass is 471 g/mol. The first-order valence-electron chi connectivity index (χ1n) is 12.4. The van der Waals surface area contributed by atoms with Crippen LogP contribution in [0.2, 0.25) is 0 Å². The fourth-order valence-electron chi connectivity index (χ4n) is 5.86. The van der Waals surface area contributed by atoms with E-state index in [9.17, 15) is 14.4 Å². The Morgan fingerprint density at radius 3 is 2.40 bits per heavy atom. The van der Waals surface area contributed by atoms with Crippen LogP contribution in [0.1, 0.15) is 36.2 Å². The summed E-state index contributed by atoms with van der Waals surface area (Å²) in [5, 5.41) is 4.05. The Hall–Kier alpha value is -3.65. The van der Waals surface area contributed by atoms with E-state index in [1.807, 2.05) is 59.5 Å². The van der Waals surface area contributed by atoms with Gasteiger partial charge in [-0.25, -0.2) is 0 Å². The highest BCUT2D eigenvalue weighted by atomic mass is 16.2. The molecule has 8 heteroatoms. The molecule has 1 spiro atoms. The fraction of sp³-hybridized carbons (Fsp3) is 0.370. The summed E-state index contributed by atoms with van der Waals surface area (Å²) in [5.41, 5.74) is 2.23. The topological polar surface area (TPSA) is 88.8 Å². The summed E-state index contributed by atoms with van der Waals surface area (Å²) >= 11 is 0. The summed E-state index contributed by atoms with van der Waals surface area (Å²) in [6.45, 7) is 2.59. The molecule has 1 saturated heterocycles. The second-order valence-corrected chi connectivity index (χ2v) is 9.78. The van der Waals surface area contributed by atoms with Gasteiger partial charge in [-0.3, -0.25) is 24.2 Å². The van der Waals surface area contributed by atoms with Crippen LogP contribution < -0.4 is 10.2 Å². The van der Waals surface area contributed by atoms with E-state index in [2.05, 4.69) is 15.2 Å². The minimum Gasteiger partial charge on any atom is -0.351 e. The third-order valence-corrected chi connectivity index (χ3v) is 7.70. The lowest BCUT2D eigenvalue weighted by Gasteiger charge is -2.45. The Labute approximate surface area is 203 Å². The van der Waals surface area contributed by atoms with Gasteiger partial charge in [0, 0.05) is 37.1 Å². The first kappa shape index (κ1) is 21.9. The van der Waals surface area contributed by atoms with Crippen LogP contribution in [0, 0.1) is 0 Å². The molecule has 0 unspecified atom stereocenters. The molecule has 3 aliphatic rings. The molecule has 2 fully saturated rings. The number of hydrogen-bond acceptors (Lipinski definition) is 4. The van der Waals surface area contributed by atoms with E-state index in [-0.39, 0.29) is 24.3 Å².